The number of rotatable bonds is 4. The standard InChI is InChI=1S/C12H14N2O.C2H6/c1-2-10-15-12-8-9-14(13-12)11-6-4-3-5-7-11;1-2/h3-9H,2,10H2,1H3;1-2H3. The van der Waals surface area contributed by atoms with Crippen LogP contribution >= 0.6 is 0 Å². The largest absolute Gasteiger partial charge is 0.477 e. The topological polar surface area (TPSA) is 27.1 Å². The Morgan fingerprint density at radius 1 is 1.12 bits per heavy atom. The summed E-state index contributed by atoms with van der Waals surface area (Å²) in [7, 11) is 0. The van der Waals surface area contributed by atoms with E-state index in [-0.39, 0.29) is 0 Å². The molecule has 1 heterocycles. The Labute approximate surface area is 103 Å². The molecule has 17 heavy (non-hydrogen) atoms. The smallest absolute Gasteiger partial charge is 0.233 e. The van der Waals surface area contributed by atoms with Crippen LogP contribution in [0.25, 0.3) is 5.69 Å². The summed E-state index contributed by atoms with van der Waals surface area (Å²) in [5.74, 6) is 0.681. The van der Waals surface area contributed by atoms with E-state index in [0.29, 0.717) is 12.5 Å². The van der Waals surface area contributed by atoms with E-state index in [2.05, 4.69) is 12.0 Å². The van der Waals surface area contributed by atoms with Gasteiger partial charge in [0.1, 0.15) is 0 Å². The van der Waals surface area contributed by atoms with E-state index in [1.165, 1.54) is 0 Å². The second kappa shape index (κ2) is 7.49. The van der Waals surface area contributed by atoms with Crippen LogP contribution < -0.4 is 4.74 Å². The van der Waals surface area contributed by atoms with E-state index in [1.54, 1.807) is 0 Å². The van der Waals surface area contributed by atoms with Gasteiger partial charge in [-0.1, -0.05) is 39.0 Å². The Bertz CT molecular complexity index is 409. The fourth-order valence-electron chi connectivity index (χ4n) is 1.32. The Morgan fingerprint density at radius 2 is 1.82 bits per heavy atom. The molecule has 0 aliphatic heterocycles. The Hall–Kier alpha value is -1.77. The van der Waals surface area contributed by atoms with Crippen molar-refractivity contribution in [1.82, 2.24) is 9.78 Å². The zero-order valence-corrected chi connectivity index (χ0v) is 10.8. The first-order chi connectivity index (χ1) is 8.40. The van der Waals surface area contributed by atoms with Crippen LogP contribution in [0.15, 0.2) is 42.6 Å². The van der Waals surface area contributed by atoms with Gasteiger partial charge in [-0.2, -0.15) is 0 Å². The molecule has 1 aromatic heterocycles. The van der Waals surface area contributed by atoms with Gasteiger partial charge in [0.25, 0.3) is 0 Å². The van der Waals surface area contributed by atoms with Crippen LogP contribution in [0.4, 0.5) is 0 Å². The summed E-state index contributed by atoms with van der Waals surface area (Å²) in [6.45, 7) is 6.79. The van der Waals surface area contributed by atoms with E-state index in [9.17, 15) is 0 Å². The molecule has 1 aromatic carbocycles. The third-order valence-corrected chi connectivity index (χ3v) is 2.04. The summed E-state index contributed by atoms with van der Waals surface area (Å²) in [5.41, 5.74) is 1.05. The fourth-order valence-corrected chi connectivity index (χ4v) is 1.32. The van der Waals surface area contributed by atoms with Crippen molar-refractivity contribution < 1.29 is 4.74 Å². The molecule has 0 atom stereocenters. The van der Waals surface area contributed by atoms with Crippen molar-refractivity contribution in [3.63, 3.8) is 0 Å². The summed E-state index contributed by atoms with van der Waals surface area (Å²) >= 11 is 0. The first kappa shape index (κ1) is 13.3. The van der Waals surface area contributed by atoms with Crippen LogP contribution in [0.1, 0.15) is 27.2 Å². The SMILES string of the molecule is CC.CCCOc1ccn(-c2ccccc2)n1. The summed E-state index contributed by atoms with van der Waals surface area (Å²) in [6, 6.07) is 11.9. The average molecular weight is 232 g/mol. The van der Waals surface area contributed by atoms with Crippen LogP contribution in [0.3, 0.4) is 0 Å². The molecule has 0 saturated carbocycles. The van der Waals surface area contributed by atoms with Crippen LogP contribution in [0.2, 0.25) is 0 Å². The highest BCUT2D eigenvalue weighted by Crippen LogP contribution is 2.11. The van der Waals surface area contributed by atoms with Crippen LogP contribution in [-0.4, -0.2) is 16.4 Å². The molecule has 0 spiro atoms. The van der Waals surface area contributed by atoms with Crippen molar-refractivity contribution in [2.45, 2.75) is 27.2 Å². The van der Waals surface area contributed by atoms with Crippen LogP contribution in [0, 0.1) is 0 Å². The van der Waals surface area contributed by atoms with Crippen molar-refractivity contribution in [2.24, 2.45) is 0 Å². The molecule has 0 amide bonds. The van der Waals surface area contributed by atoms with Crippen molar-refractivity contribution in [1.29, 1.82) is 0 Å². The summed E-state index contributed by atoms with van der Waals surface area (Å²) in [5, 5.41) is 4.31. The first-order valence-corrected chi connectivity index (χ1v) is 6.14. The van der Waals surface area contributed by atoms with E-state index < -0.39 is 0 Å². The second-order valence-corrected chi connectivity index (χ2v) is 3.28. The van der Waals surface area contributed by atoms with Gasteiger partial charge >= 0.3 is 0 Å². The molecule has 3 nitrogen and oxygen atoms in total. The molecular weight excluding hydrogens is 212 g/mol. The van der Waals surface area contributed by atoms with Gasteiger partial charge in [-0.3, -0.25) is 0 Å². The minimum atomic E-state index is 0.681. The van der Waals surface area contributed by atoms with Gasteiger partial charge in [0.15, 0.2) is 0 Å². The highest BCUT2D eigenvalue weighted by Gasteiger charge is 2.00. The maximum absolute atomic E-state index is 5.43. The molecule has 0 aliphatic carbocycles. The highest BCUT2D eigenvalue weighted by molar-refractivity contribution is 5.31. The third kappa shape index (κ3) is 3.94. The lowest BCUT2D eigenvalue weighted by Gasteiger charge is -2.00. The summed E-state index contributed by atoms with van der Waals surface area (Å²) < 4.78 is 7.24. The molecule has 0 saturated heterocycles. The van der Waals surface area contributed by atoms with Crippen molar-refractivity contribution in [3.8, 4) is 11.6 Å². The number of hydrogen-bond acceptors (Lipinski definition) is 2. The lowest BCUT2D eigenvalue weighted by Crippen LogP contribution is -1.98. The monoisotopic (exact) mass is 232 g/mol. The maximum Gasteiger partial charge on any atom is 0.233 e. The van der Waals surface area contributed by atoms with Gasteiger partial charge in [0.2, 0.25) is 5.88 Å². The van der Waals surface area contributed by atoms with Crippen LogP contribution in [0.5, 0.6) is 5.88 Å². The maximum atomic E-state index is 5.43. The van der Waals surface area contributed by atoms with Gasteiger partial charge < -0.3 is 4.74 Å². The van der Waals surface area contributed by atoms with E-state index in [0.717, 1.165) is 12.1 Å². The van der Waals surface area contributed by atoms with Crippen molar-refractivity contribution in [3.05, 3.63) is 42.6 Å². The van der Waals surface area contributed by atoms with Crippen molar-refractivity contribution >= 4 is 0 Å². The normalized spacial score (nSPS) is 9.35. The number of hydrogen-bond donors (Lipinski definition) is 0. The van der Waals surface area contributed by atoms with E-state index in [4.69, 9.17) is 4.74 Å². The molecule has 2 rings (SSSR count). The number of aromatic nitrogens is 2. The average Bonchev–Trinajstić information content (AvgIpc) is 2.88. The lowest BCUT2D eigenvalue weighted by molar-refractivity contribution is 0.303. The van der Waals surface area contributed by atoms with Crippen LogP contribution in [-0.2, 0) is 0 Å². The molecule has 0 N–H and O–H groups in total. The predicted molar refractivity (Wildman–Crippen MR) is 70.7 cm³/mol. The number of nitrogens with zero attached hydrogens (tertiary/aromatic N) is 2. The molecule has 0 unspecified atom stereocenters. The zero-order valence-electron chi connectivity index (χ0n) is 10.8. The zero-order chi connectivity index (χ0) is 12.5. The van der Waals surface area contributed by atoms with Gasteiger partial charge in [-0.25, -0.2) is 4.68 Å². The van der Waals surface area contributed by atoms with Gasteiger partial charge in [0, 0.05) is 12.3 Å². The van der Waals surface area contributed by atoms with Crippen molar-refractivity contribution in [2.75, 3.05) is 6.61 Å². The summed E-state index contributed by atoms with van der Waals surface area (Å²) in [6.07, 6.45) is 2.90. The first-order valence-electron chi connectivity index (χ1n) is 6.14. The molecule has 92 valence electrons. The Morgan fingerprint density at radius 3 is 2.47 bits per heavy atom. The van der Waals surface area contributed by atoms with Gasteiger partial charge in [-0.05, 0) is 18.6 Å². The molecule has 3 heteroatoms. The minimum Gasteiger partial charge on any atom is -0.477 e. The predicted octanol–water partition coefficient (Wildman–Crippen LogP) is 3.69. The number of para-hydroxylation sites is 1. The molecule has 0 bridgehead atoms. The van der Waals surface area contributed by atoms with E-state index in [1.807, 2.05) is 61.1 Å². The highest BCUT2D eigenvalue weighted by atomic mass is 16.5. The summed E-state index contributed by atoms with van der Waals surface area (Å²) in [4.78, 5) is 0. The fraction of sp³-hybridized carbons (Fsp3) is 0.357. The molecule has 0 fully saturated rings. The second-order valence-electron chi connectivity index (χ2n) is 3.28. The molecular formula is C14H20N2O. The number of ether oxygens (including phenoxy) is 1. The van der Waals surface area contributed by atoms with Gasteiger partial charge in [0.05, 0.1) is 12.3 Å². The van der Waals surface area contributed by atoms with E-state index >= 15 is 0 Å². The minimum absolute atomic E-state index is 0.681. The quantitative estimate of drug-likeness (QED) is 0.804. The third-order valence-electron chi connectivity index (χ3n) is 2.04. The Balaban J connectivity index is 0.000000686. The Kier molecular flexibility index (Phi) is 5.86. The molecule has 0 radical (unpaired) electrons. The molecule has 0 aliphatic rings. The number of benzene rings is 1. The molecule has 2 aromatic rings. The van der Waals surface area contributed by atoms with Gasteiger partial charge in [-0.15, -0.1) is 5.10 Å². The lowest BCUT2D eigenvalue weighted by atomic mass is 10.3.